The standard InChI is InChI=1S/C12H18O2/c1-8-4-5-10-9(6-8)7-11(13)14-12(10,2)3/h6,9-10H,4-5,7H2,1-3H3/t9-,10+/m0/s1. The molecule has 0 spiro atoms. The van der Waals surface area contributed by atoms with E-state index in [4.69, 9.17) is 4.74 Å². The Morgan fingerprint density at radius 1 is 1.50 bits per heavy atom. The van der Waals surface area contributed by atoms with Gasteiger partial charge in [0, 0.05) is 5.92 Å². The third-order valence-electron chi connectivity index (χ3n) is 3.54. The van der Waals surface area contributed by atoms with Crippen LogP contribution >= 0.6 is 0 Å². The molecule has 14 heavy (non-hydrogen) atoms. The van der Waals surface area contributed by atoms with Crippen molar-refractivity contribution in [3.8, 4) is 0 Å². The third kappa shape index (κ3) is 1.58. The summed E-state index contributed by atoms with van der Waals surface area (Å²) in [6.07, 6.45) is 5.16. The van der Waals surface area contributed by atoms with Gasteiger partial charge in [0.05, 0.1) is 6.42 Å². The summed E-state index contributed by atoms with van der Waals surface area (Å²) >= 11 is 0. The Hall–Kier alpha value is -0.790. The van der Waals surface area contributed by atoms with Crippen LogP contribution in [0.2, 0.25) is 0 Å². The van der Waals surface area contributed by atoms with Gasteiger partial charge in [0.15, 0.2) is 0 Å². The number of rotatable bonds is 0. The topological polar surface area (TPSA) is 26.3 Å². The van der Waals surface area contributed by atoms with Crippen molar-refractivity contribution in [2.45, 2.75) is 45.6 Å². The number of hydrogen-bond acceptors (Lipinski definition) is 2. The highest BCUT2D eigenvalue weighted by atomic mass is 16.6. The van der Waals surface area contributed by atoms with Crippen molar-refractivity contribution in [3.05, 3.63) is 11.6 Å². The zero-order valence-corrected chi connectivity index (χ0v) is 9.17. The van der Waals surface area contributed by atoms with Crippen LogP contribution in [0, 0.1) is 11.8 Å². The molecule has 1 fully saturated rings. The molecule has 0 N–H and O–H groups in total. The van der Waals surface area contributed by atoms with Gasteiger partial charge in [0.1, 0.15) is 5.60 Å². The molecule has 2 atom stereocenters. The van der Waals surface area contributed by atoms with Crippen LogP contribution in [0.3, 0.4) is 0 Å². The maximum absolute atomic E-state index is 11.4. The number of allylic oxidation sites excluding steroid dienone is 2. The van der Waals surface area contributed by atoms with E-state index in [0.717, 1.165) is 12.8 Å². The average molecular weight is 194 g/mol. The van der Waals surface area contributed by atoms with Crippen LogP contribution in [0.25, 0.3) is 0 Å². The third-order valence-corrected chi connectivity index (χ3v) is 3.54. The number of cyclic esters (lactones) is 1. The van der Waals surface area contributed by atoms with Crippen LogP contribution in [0.1, 0.15) is 40.0 Å². The molecule has 1 heterocycles. The molecule has 0 aromatic carbocycles. The van der Waals surface area contributed by atoms with E-state index in [-0.39, 0.29) is 11.6 Å². The first-order valence-corrected chi connectivity index (χ1v) is 5.38. The molecule has 2 rings (SSSR count). The lowest BCUT2D eigenvalue weighted by Gasteiger charge is -2.44. The molecule has 2 nitrogen and oxygen atoms in total. The average Bonchev–Trinajstić information content (AvgIpc) is 2.00. The van der Waals surface area contributed by atoms with Gasteiger partial charge in [-0.3, -0.25) is 4.79 Å². The molecule has 0 saturated carbocycles. The van der Waals surface area contributed by atoms with E-state index >= 15 is 0 Å². The predicted molar refractivity (Wildman–Crippen MR) is 54.8 cm³/mol. The van der Waals surface area contributed by atoms with Crippen LogP contribution in [0.4, 0.5) is 0 Å². The van der Waals surface area contributed by atoms with Crippen LogP contribution < -0.4 is 0 Å². The summed E-state index contributed by atoms with van der Waals surface area (Å²) in [7, 11) is 0. The van der Waals surface area contributed by atoms with Crippen LogP contribution in [-0.2, 0) is 9.53 Å². The normalized spacial score (nSPS) is 35.6. The van der Waals surface area contributed by atoms with Crippen molar-refractivity contribution >= 4 is 5.97 Å². The molecule has 0 aromatic heterocycles. The minimum Gasteiger partial charge on any atom is -0.459 e. The van der Waals surface area contributed by atoms with Gasteiger partial charge in [0.25, 0.3) is 0 Å². The molecule has 0 radical (unpaired) electrons. The SMILES string of the molecule is CC1=C[C@H]2CC(=O)OC(C)(C)[C@@H]2CC1. The Bertz CT molecular complexity index is 289. The summed E-state index contributed by atoms with van der Waals surface area (Å²) in [6, 6.07) is 0. The zero-order valence-electron chi connectivity index (χ0n) is 9.17. The summed E-state index contributed by atoms with van der Waals surface area (Å²) in [5, 5.41) is 0. The van der Waals surface area contributed by atoms with E-state index in [1.54, 1.807) is 0 Å². The highest BCUT2D eigenvalue weighted by Crippen LogP contribution is 2.43. The van der Waals surface area contributed by atoms with Gasteiger partial charge in [-0.15, -0.1) is 0 Å². The number of fused-ring (bicyclic) bond motifs is 1. The fourth-order valence-corrected chi connectivity index (χ4v) is 2.83. The van der Waals surface area contributed by atoms with Gasteiger partial charge < -0.3 is 4.74 Å². The minimum atomic E-state index is -0.267. The number of ether oxygens (including phenoxy) is 1. The summed E-state index contributed by atoms with van der Waals surface area (Å²) in [6.45, 7) is 6.23. The lowest BCUT2D eigenvalue weighted by molar-refractivity contribution is -0.175. The molecule has 2 heteroatoms. The fraction of sp³-hybridized carbons (Fsp3) is 0.750. The van der Waals surface area contributed by atoms with Crippen LogP contribution in [0.5, 0.6) is 0 Å². The molecule has 0 unspecified atom stereocenters. The van der Waals surface area contributed by atoms with Gasteiger partial charge in [-0.2, -0.15) is 0 Å². The largest absolute Gasteiger partial charge is 0.459 e. The molecule has 1 aliphatic heterocycles. The predicted octanol–water partition coefficient (Wildman–Crippen LogP) is 2.68. The Labute approximate surface area is 85.3 Å². The number of esters is 1. The molecule has 0 bridgehead atoms. The van der Waals surface area contributed by atoms with Crippen molar-refractivity contribution in [2.75, 3.05) is 0 Å². The van der Waals surface area contributed by atoms with Gasteiger partial charge in [0.2, 0.25) is 0 Å². The van der Waals surface area contributed by atoms with Crippen molar-refractivity contribution in [1.29, 1.82) is 0 Å². The lowest BCUT2D eigenvalue weighted by Crippen LogP contribution is -2.46. The maximum Gasteiger partial charge on any atom is 0.306 e. The number of carbonyl (C=O) groups is 1. The fourth-order valence-electron chi connectivity index (χ4n) is 2.83. The van der Waals surface area contributed by atoms with Crippen molar-refractivity contribution in [1.82, 2.24) is 0 Å². The minimum absolute atomic E-state index is 0.0396. The lowest BCUT2D eigenvalue weighted by atomic mass is 9.70. The first-order valence-electron chi connectivity index (χ1n) is 5.38. The van der Waals surface area contributed by atoms with E-state index in [1.807, 2.05) is 13.8 Å². The summed E-state index contributed by atoms with van der Waals surface area (Å²) in [5.41, 5.74) is 1.16. The molecule has 1 aliphatic carbocycles. The summed E-state index contributed by atoms with van der Waals surface area (Å²) in [4.78, 5) is 11.4. The number of carbonyl (C=O) groups excluding carboxylic acids is 1. The molecule has 1 saturated heterocycles. The van der Waals surface area contributed by atoms with Crippen molar-refractivity contribution in [3.63, 3.8) is 0 Å². The first-order chi connectivity index (χ1) is 6.49. The first kappa shape index (κ1) is 9.75. The van der Waals surface area contributed by atoms with E-state index in [1.165, 1.54) is 5.57 Å². The molecule has 2 aliphatic rings. The van der Waals surface area contributed by atoms with Gasteiger partial charge in [-0.1, -0.05) is 11.6 Å². The molecule has 0 amide bonds. The van der Waals surface area contributed by atoms with Gasteiger partial charge in [-0.25, -0.2) is 0 Å². The van der Waals surface area contributed by atoms with E-state index < -0.39 is 0 Å². The molecule has 78 valence electrons. The second-order valence-corrected chi connectivity index (χ2v) is 5.10. The summed E-state index contributed by atoms with van der Waals surface area (Å²) < 4.78 is 5.41. The van der Waals surface area contributed by atoms with Crippen LogP contribution in [0.15, 0.2) is 11.6 Å². The smallest absolute Gasteiger partial charge is 0.306 e. The van der Waals surface area contributed by atoms with E-state index in [2.05, 4.69) is 13.0 Å². The van der Waals surface area contributed by atoms with E-state index in [0.29, 0.717) is 18.3 Å². The Morgan fingerprint density at radius 2 is 2.21 bits per heavy atom. The van der Waals surface area contributed by atoms with Gasteiger partial charge >= 0.3 is 5.97 Å². The monoisotopic (exact) mass is 194 g/mol. The zero-order chi connectivity index (χ0) is 10.3. The summed E-state index contributed by atoms with van der Waals surface area (Å²) in [5.74, 6) is 0.895. The Kier molecular flexibility index (Phi) is 2.17. The highest BCUT2D eigenvalue weighted by Gasteiger charge is 2.44. The molecular weight excluding hydrogens is 176 g/mol. The Balaban J connectivity index is 2.26. The van der Waals surface area contributed by atoms with E-state index in [9.17, 15) is 4.79 Å². The second kappa shape index (κ2) is 3.11. The quantitative estimate of drug-likeness (QED) is 0.438. The molecular formula is C12H18O2. The van der Waals surface area contributed by atoms with Gasteiger partial charge in [-0.05, 0) is 39.5 Å². The Morgan fingerprint density at radius 3 is 2.93 bits per heavy atom. The second-order valence-electron chi connectivity index (χ2n) is 5.10. The number of hydrogen-bond donors (Lipinski definition) is 0. The highest BCUT2D eigenvalue weighted by molar-refractivity contribution is 5.71. The van der Waals surface area contributed by atoms with Crippen LogP contribution in [-0.4, -0.2) is 11.6 Å². The van der Waals surface area contributed by atoms with Crippen molar-refractivity contribution < 1.29 is 9.53 Å². The maximum atomic E-state index is 11.4. The van der Waals surface area contributed by atoms with Crippen molar-refractivity contribution in [2.24, 2.45) is 11.8 Å². The molecule has 0 aromatic rings.